The molecule has 2 rings (SSSR count). The first kappa shape index (κ1) is 14.4. The second kappa shape index (κ2) is 6.40. The third-order valence-corrected chi connectivity index (χ3v) is 3.24. The second-order valence-corrected chi connectivity index (χ2v) is 5.10. The first-order valence-corrected chi connectivity index (χ1v) is 6.74. The molecule has 0 radical (unpaired) electrons. The summed E-state index contributed by atoms with van der Waals surface area (Å²) in [5, 5.41) is 3.75. The van der Waals surface area contributed by atoms with Gasteiger partial charge in [0, 0.05) is 28.5 Å². The van der Waals surface area contributed by atoms with Crippen LogP contribution in [0, 0.1) is 13.8 Å². The second-order valence-electron chi connectivity index (χ2n) is 4.67. The minimum atomic E-state index is -0.0565. The number of rotatable bonds is 4. The quantitative estimate of drug-likeness (QED) is 0.648. The average molecular weight is 286 g/mol. The SMILES string of the molecule is Cc1ccc(N/C=C/C(=O)c2ccc(Cl)cc2)c(C)c1. The number of benzene rings is 2. The Balaban J connectivity index is 2.02. The summed E-state index contributed by atoms with van der Waals surface area (Å²) in [5.41, 5.74) is 3.98. The Morgan fingerprint density at radius 2 is 1.80 bits per heavy atom. The van der Waals surface area contributed by atoms with Crippen molar-refractivity contribution in [2.45, 2.75) is 13.8 Å². The van der Waals surface area contributed by atoms with Crippen LogP contribution in [0.25, 0.3) is 0 Å². The van der Waals surface area contributed by atoms with Crippen molar-refractivity contribution in [1.29, 1.82) is 0 Å². The van der Waals surface area contributed by atoms with Crippen LogP contribution in [0.3, 0.4) is 0 Å². The number of aryl methyl sites for hydroxylation is 2. The van der Waals surface area contributed by atoms with Gasteiger partial charge in [-0.1, -0.05) is 29.3 Å². The average Bonchev–Trinajstić information content (AvgIpc) is 2.42. The molecule has 0 saturated carbocycles. The fraction of sp³-hybridized carbons (Fsp3) is 0.118. The van der Waals surface area contributed by atoms with Gasteiger partial charge in [0.05, 0.1) is 0 Å². The van der Waals surface area contributed by atoms with E-state index in [9.17, 15) is 4.79 Å². The molecule has 0 fully saturated rings. The summed E-state index contributed by atoms with van der Waals surface area (Å²) in [6.45, 7) is 4.08. The number of allylic oxidation sites excluding steroid dienone is 1. The van der Waals surface area contributed by atoms with Crippen molar-refractivity contribution in [1.82, 2.24) is 0 Å². The smallest absolute Gasteiger partial charge is 0.187 e. The molecule has 1 N–H and O–H groups in total. The van der Waals surface area contributed by atoms with Gasteiger partial charge in [-0.05, 0) is 49.7 Å². The van der Waals surface area contributed by atoms with E-state index in [0.29, 0.717) is 10.6 Å². The van der Waals surface area contributed by atoms with Crippen LogP contribution in [0.5, 0.6) is 0 Å². The number of carbonyl (C=O) groups is 1. The number of anilines is 1. The molecule has 0 aliphatic carbocycles. The number of ketones is 1. The summed E-state index contributed by atoms with van der Waals surface area (Å²) in [5.74, 6) is -0.0565. The molecule has 0 heterocycles. The molecule has 0 amide bonds. The zero-order valence-corrected chi connectivity index (χ0v) is 12.2. The Bertz CT molecular complexity index is 645. The van der Waals surface area contributed by atoms with Crippen LogP contribution in [0.15, 0.2) is 54.7 Å². The predicted molar refractivity (Wildman–Crippen MR) is 84.5 cm³/mol. The molecule has 2 aromatic rings. The van der Waals surface area contributed by atoms with Crippen molar-refractivity contribution in [3.8, 4) is 0 Å². The number of carbonyl (C=O) groups excluding carboxylic acids is 1. The van der Waals surface area contributed by atoms with Crippen molar-refractivity contribution in [3.63, 3.8) is 0 Å². The highest BCUT2D eigenvalue weighted by atomic mass is 35.5. The van der Waals surface area contributed by atoms with Crippen LogP contribution < -0.4 is 5.32 Å². The van der Waals surface area contributed by atoms with Gasteiger partial charge in [0.25, 0.3) is 0 Å². The van der Waals surface area contributed by atoms with Crippen molar-refractivity contribution in [2.75, 3.05) is 5.32 Å². The lowest BCUT2D eigenvalue weighted by Crippen LogP contribution is -1.97. The summed E-state index contributed by atoms with van der Waals surface area (Å²) in [7, 11) is 0. The number of nitrogens with one attached hydrogen (secondary N) is 1. The molecule has 3 heteroatoms. The van der Waals surface area contributed by atoms with Crippen molar-refractivity contribution in [2.24, 2.45) is 0 Å². The lowest BCUT2D eigenvalue weighted by atomic mass is 10.1. The highest BCUT2D eigenvalue weighted by Gasteiger charge is 2.01. The highest BCUT2D eigenvalue weighted by Crippen LogP contribution is 2.16. The molecule has 20 heavy (non-hydrogen) atoms. The molecule has 0 unspecified atom stereocenters. The zero-order chi connectivity index (χ0) is 14.5. The highest BCUT2D eigenvalue weighted by molar-refractivity contribution is 6.30. The molecule has 0 aliphatic rings. The van der Waals surface area contributed by atoms with E-state index >= 15 is 0 Å². The standard InChI is InChI=1S/C17H16ClNO/c1-12-3-8-16(13(2)11-12)19-10-9-17(20)14-4-6-15(18)7-5-14/h3-11,19H,1-2H3/b10-9+. The van der Waals surface area contributed by atoms with Crippen LogP contribution in [-0.2, 0) is 0 Å². The zero-order valence-electron chi connectivity index (χ0n) is 11.5. The molecule has 0 bridgehead atoms. The maximum Gasteiger partial charge on any atom is 0.187 e. The van der Waals surface area contributed by atoms with Gasteiger partial charge in [0.15, 0.2) is 5.78 Å². The Morgan fingerprint density at radius 3 is 2.45 bits per heavy atom. The maximum absolute atomic E-state index is 11.9. The van der Waals surface area contributed by atoms with Gasteiger partial charge in [-0.2, -0.15) is 0 Å². The summed E-state index contributed by atoms with van der Waals surface area (Å²) >= 11 is 5.79. The number of halogens is 1. The normalized spacial score (nSPS) is 10.8. The van der Waals surface area contributed by atoms with Crippen LogP contribution in [0.4, 0.5) is 5.69 Å². The Morgan fingerprint density at radius 1 is 1.10 bits per heavy atom. The first-order valence-electron chi connectivity index (χ1n) is 6.36. The van der Waals surface area contributed by atoms with E-state index < -0.39 is 0 Å². The van der Waals surface area contributed by atoms with Crippen LogP contribution in [-0.4, -0.2) is 5.78 Å². The van der Waals surface area contributed by atoms with E-state index in [4.69, 9.17) is 11.6 Å². The van der Waals surface area contributed by atoms with Gasteiger partial charge in [-0.15, -0.1) is 0 Å². The first-order chi connectivity index (χ1) is 9.56. The van der Waals surface area contributed by atoms with E-state index in [1.165, 1.54) is 11.6 Å². The third-order valence-electron chi connectivity index (χ3n) is 2.98. The molecular formula is C17H16ClNO. The molecule has 0 aliphatic heterocycles. The van der Waals surface area contributed by atoms with Crippen LogP contribution in [0.1, 0.15) is 21.5 Å². The molecule has 0 aromatic heterocycles. The van der Waals surface area contributed by atoms with Gasteiger partial charge in [-0.3, -0.25) is 4.79 Å². The molecule has 2 nitrogen and oxygen atoms in total. The van der Waals surface area contributed by atoms with Gasteiger partial charge in [-0.25, -0.2) is 0 Å². The Labute approximate surface area is 124 Å². The van der Waals surface area contributed by atoms with Crippen molar-refractivity contribution >= 4 is 23.1 Å². The lowest BCUT2D eigenvalue weighted by Gasteiger charge is -2.06. The molecule has 0 atom stereocenters. The minimum absolute atomic E-state index is 0.0565. The largest absolute Gasteiger partial charge is 0.361 e. The van der Waals surface area contributed by atoms with E-state index in [2.05, 4.69) is 18.3 Å². The summed E-state index contributed by atoms with van der Waals surface area (Å²) in [6, 6.07) is 13.0. The Hall–Kier alpha value is -2.06. The van der Waals surface area contributed by atoms with Gasteiger partial charge in [0.1, 0.15) is 0 Å². The molecule has 102 valence electrons. The summed E-state index contributed by atoms with van der Waals surface area (Å²) in [6.07, 6.45) is 3.18. The van der Waals surface area contributed by atoms with E-state index in [1.54, 1.807) is 30.5 Å². The summed E-state index contributed by atoms with van der Waals surface area (Å²) in [4.78, 5) is 11.9. The van der Waals surface area contributed by atoms with Gasteiger partial charge < -0.3 is 5.32 Å². The lowest BCUT2D eigenvalue weighted by molar-refractivity contribution is 0.104. The number of hydrogen-bond acceptors (Lipinski definition) is 2. The molecule has 0 spiro atoms. The van der Waals surface area contributed by atoms with Gasteiger partial charge in [0.2, 0.25) is 0 Å². The maximum atomic E-state index is 11.9. The van der Waals surface area contributed by atoms with E-state index in [-0.39, 0.29) is 5.78 Å². The predicted octanol–water partition coefficient (Wildman–Crippen LogP) is 4.77. The summed E-state index contributed by atoms with van der Waals surface area (Å²) < 4.78 is 0. The fourth-order valence-corrected chi connectivity index (χ4v) is 2.02. The van der Waals surface area contributed by atoms with Crippen molar-refractivity contribution in [3.05, 3.63) is 76.5 Å². The van der Waals surface area contributed by atoms with Crippen molar-refractivity contribution < 1.29 is 4.79 Å². The fourth-order valence-electron chi connectivity index (χ4n) is 1.89. The van der Waals surface area contributed by atoms with E-state index in [0.717, 1.165) is 11.3 Å². The Kier molecular flexibility index (Phi) is 4.59. The minimum Gasteiger partial charge on any atom is -0.361 e. The topological polar surface area (TPSA) is 29.1 Å². The third kappa shape index (κ3) is 3.72. The van der Waals surface area contributed by atoms with Crippen LogP contribution in [0.2, 0.25) is 5.02 Å². The number of hydrogen-bond donors (Lipinski definition) is 1. The van der Waals surface area contributed by atoms with Crippen LogP contribution >= 0.6 is 11.6 Å². The molecule has 0 saturated heterocycles. The monoisotopic (exact) mass is 285 g/mol. The van der Waals surface area contributed by atoms with Gasteiger partial charge >= 0.3 is 0 Å². The molecular weight excluding hydrogens is 270 g/mol. The molecule has 2 aromatic carbocycles. The van der Waals surface area contributed by atoms with E-state index in [1.807, 2.05) is 19.1 Å².